The zero-order valence-corrected chi connectivity index (χ0v) is 18.3. The fraction of sp³-hybridized carbons (Fsp3) is 0.316. The van der Waals surface area contributed by atoms with Crippen LogP contribution in [0.15, 0.2) is 39.7 Å². The van der Waals surface area contributed by atoms with E-state index in [0.29, 0.717) is 28.1 Å². The van der Waals surface area contributed by atoms with Crippen molar-refractivity contribution in [1.29, 1.82) is 0 Å². The average Bonchev–Trinajstić information content (AvgIpc) is 2.95. The van der Waals surface area contributed by atoms with Crippen LogP contribution in [0.25, 0.3) is 0 Å². The van der Waals surface area contributed by atoms with E-state index in [1.807, 2.05) is 6.92 Å². The minimum absolute atomic E-state index is 0.0213. The minimum Gasteiger partial charge on any atom is -0.497 e. The number of nitrogens with one attached hydrogen (secondary N) is 1. The van der Waals surface area contributed by atoms with Gasteiger partial charge in [0.2, 0.25) is 5.91 Å². The second-order valence-corrected chi connectivity index (χ2v) is 9.03. The number of methoxy groups -OCH3 is 2. The Morgan fingerprint density at radius 2 is 1.93 bits per heavy atom. The van der Waals surface area contributed by atoms with Crippen molar-refractivity contribution < 1.29 is 22.7 Å². The van der Waals surface area contributed by atoms with Crippen LogP contribution < -0.4 is 19.1 Å². The lowest BCUT2D eigenvalue weighted by Gasteiger charge is -2.21. The molecule has 0 aliphatic carbocycles. The zero-order valence-electron chi connectivity index (χ0n) is 15.9. The number of hydrogen-bond acceptors (Lipinski definition) is 5. The fourth-order valence-electron chi connectivity index (χ4n) is 3.39. The molecule has 150 valence electrons. The Morgan fingerprint density at radius 3 is 2.54 bits per heavy atom. The molecule has 0 spiro atoms. The molecule has 2 aromatic rings. The maximum atomic E-state index is 13.1. The third-order valence-corrected chi connectivity index (χ3v) is 6.95. The molecular formula is C19H21BrN2O5S. The molecule has 1 aliphatic heterocycles. The second-order valence-electron chi connectivity index (χ2n) is 6.53. The van der Waals surface area contributed by atoms with Crippen molar-refractivity contribution in [2.75, 3.05) is 23.8 Å². The molecule has 1 atom stereocenters. The molecule has 7 nitrogen and oxygen atoms in total. The van der Waals surface area contributed by atoms with Crippen LogP contribution in [0, 0.1) is 0 Å². The van der Waals surface area contributed by atoms with E-state index in [4.69, 9.17) is 9.47 Å². The van der Waals surface area contributed by atoms with Crippen LogP contribution in [-0.2, 0) is 21.2 Å². The first-order chi connectivity index (χ1) is 13.2. The van der Waals surface area contributed by atoms with E-state index in [-0.39, 0.29) is 22.5 Å². The molecule has 1 unspecified atom stereocenters. The first-order valence-corrected chi connectivity index (χ1v) is 10.8. The van der Waals surface area contributed by atoms with Gasteiger partial charge in [-0.25, -0.2) is 8.42 Å². The van der Waals surface area contributed by atoms with Crippen LogP contribution in [0.1, 0.15) is 19.4 Å². The number of anilines is 2. The number of sulfonamides is 1. The number of ether oxygens (including phenoxy) is 2. The highest BCUT2D eigenvalue weighted by Gasteiger charge is 2.32. The number of benzene rings is 2. The van der Waals surface area contributed by atoms with Crippen molar-refractivity contribution in [3.8, 4) is 11.5 Å². The van der Waals surface area contributed by atoms with Crippen LogP contribution in [0.5, 0.6) is 11.5 Å². The highest BCUT2D eigenvalue weighted by Crippen LogP contribution is 2.39. The molecular weight excluding hydrogens is 448 g/mol. The molecule has 1 heterocycles. The van der Waals surface area contributed by atoms with Crippen LogP contribution in [0.4, 0.5) is 11.4 Å². The van der Waals surface area contributed by atoms with Crippen LogP contribution in [0.3, 0.4) is 0 Å². The van der Waals surface area contributed by atoms with E-state index in [1.165, 1.54) is 27.2 Å². The summed E-state index contributed by atoms with van der Waals surface area (Å²) in [5.41, 5.74) is 1.83. The summed E-state index contributed by atoms with van der Waals surface area (Å²) in [5, 5.41) is 0. The molecule has 0 radical (unpaired) electrons. The molecule has 28 heavy (non-hydrogen) atoms. The van der Waals surface area contributed by atoms with E-state index in [9.17, 15) is 13.2 Å². The van der Waals surface area contributed by atoms with Gasteiger partial charge in [-0.05, 0) is 59.1 Å². The summed E-state index contributed by atoms with van der Waals surface area (Å²) in [6.45, 7) is 3.41. The van der Waals surface area contributed by atoms with Crippen LogP contribution in [-0.4, -0.2) is 34.6 Å². The predicted molar refractivity (Wildman–Crippen MR) is 111 cm³/mol. The second kappa shape index (κ2) is 7.63. The summed E-state index contributed by atoms with van der Waals surface area (Å²) in [6, 6.07) is 8.07. The van der Waals surface area contributed by atoms with Gasteiger partial charge in [0, 0.05) is 29.2 Å². The van der Waals surface area contributed by atoms with E-state index >= 15 is 0 Å². The molecule has 0 aromatic heterocycles. The highest BCUT2D eigenvalue weighted by atomic mass is 79.9. The van der Waals surface area contributed by atoms with Gasteiger partial charge in [0.15, 0.2) is 0 Å². The van der Waals surface area contributed by atoms with Gasteiger partial charge < -0.3 is 14.4 Å². The van der Waals surface area contributed by atoms with Gasteiger partial charge >= 0.3 is 0 Å². The molecule has 0 fully saturated rings. The number of rotatable bonds is 5. The van der Waals surface area contributed by atoms with Gasteiger partial charge in [0.1, 0.15) is 16.4 Å². The Morgan fingerprint density at radius 1 is 1.21 bits per heavy atom. The molecule has 2 aromatic carbocycles. The summed E-state index contributed by atoms with van der Waals surface area (Å²) >= 11 is 3.36. The van der Waals surface area contributed by atoms with Gasteiger partial charge in [-0.3, -0.25) is 9.52 Å². The predicted octanol–water partition coefficient (Wildman–Crippen LogP) is 3.56. The quantitative estimate of drug-likeness (QED) is 0.724. The summed E-state index contributed by atoms with van der Waals surface area (Å²) in [7, 11) is -0.976. The molecule has 0 saturated carbocycles. The maximum absolute atomic E-state index is 13.1. The lowest BCUT2D eigenvalue weighted by Crippen LogP contribution is -2.33. The van der Waals surface area contributed by atoms with E-state index in [0.717, 1.165) is 5.56 Å². The van der Waals surface area contributed by atoms with Gasteiger partial charge in [-0.15, -0.1) is 0 Å². The molecule has 3 rings (SSSR count). The largest absolute Gasteiger partial charge is 0.497 e. The Kier molecular flexibility index (Phi) is 5.58. The van der Waals surface area contributed by atoms with E-state index in [1.54, 1.807) is 29.2 Å². The van der Waals surface area contributed by atoms with Crippen molar-refractivity contribution in [3.05, 3.63) is 40.4 Å². The summed E-state index contributed by atoms with van der Waals surface area (Å²) < 4.78 is 39.5. The number of carbonyl (C=O) groups excluding carboxylic acids is 1. The van der Waals surface area contributed by atoms with Gasteiger partial charge in [-0.2, -0.15) is 0 Å². The summed E-state index contributed by atoms with van der Waals surface area (Å²) in [6.07, 6.45) is 0.674. The van der Waals surface area contributed by atoms with Gasteiger partial charge in [0.05, 0.1) is 19.9 Å². The van der Waals surface area contributed by atoms with Crippen LogP contribution in [0.2, 0.25) is 0 Å². The maximum Gasteiger partial charge on any atom is 0.263 e. The monoisotopic (exact) mass is 468 g/mol. The number of carbonyl (C=O) groups is 1. The van der Waals surface area contributed by atoms with Crippen molar-refractivity contribution in [1.82, 2.24) is 0 Å². The number of nitrogens with zero attached hydrogens (tertiary/aromatic N) is 1. The number of halogens is 1. The minimum atomic E-state index is -3.94. The zero-order chi connectivity index (χ0) is 20.6. The molecule has 1 aliphatic rings. The lowest BCUT2D eigenvalue weighted by atomic mass is 10.1. The first-order valence-electron chi connectivity index (χ1n) is 8.55. The van der Waals surface area contributed by atoms with Crippen LogP contribution >= 0.6 is 15.9 Å². The van der Waals surface area contributed by atoms with Crippen molar-refractivity contribution >= 4 is 43.2 Å². The van der Waals surface area contributed by atoms with Crippen molar-refractivity contribution in [2.45, 2.75) is 31.2 Å². The average molecular weight is 469 g/mol. The standard InChI is InChI=1S/C19H21BrN2O5S/c1-11-7-13-8-15(20)19(10-17(13)22(11)12(2)23)28(24,25)21-16-6-5-14(26-3)9-18(16)27-4/h5-6,8-11,21H,7H2,1-4H3. The number of amides is 1. The molecule has 1 N–H and O–H groups in total. The van der Waals surface area contributed by atoms with Gasteiger partial charge in [0.25, 0.3) is 10.0 Å². The Labute approximate surface area is 172 Å². The number of hydrogen-bond donors (Lipinski definition) is 1. The van der Waals surface area contributed by atoms with Crippen molar-refractivity contribution in [3.63, 3.8) is 0 Å². The summed E-state index contributed by atoms with van der Waals surface area (Å²) in [5.74, 6) is 0.755. The number of fused-ring (bicyclic) bond motifs is 1. The molecule has 1 amide bonds. The van der Waals surface area contributed by atoms with Gasteiger partial charge in [-0.1, -0.05) is 0 Å². The first kappa shape index (κ1) is 20.5. The third kappa shape index (κ3) is 3.68. The highest BCUT2D eigenvalue weighted by molar-refractivity contribution is 9.10. The Bertz CT molecular complexity index is 1040. The van der Waals surface area contributed by atoms with E-state index < -0.39 is 10.0 Å². The summed E-state index contributed by atoms with van der Waals surface area (Å²) in [4.78, 5) is 13.7. The topological polar surface area (TPSA) is 84.9 Å². The smallest absolute Gasteiger partial charge is 0.263 e. The Balaban J connectivity index is 2.03. The fourth-order valence-corrected chi connectivity index (χ4v) is 5.57. The normalized spacial score (nSPS) is 15.9. The lowest BCUT2D eigenvalue weighted by molar-refractivity contribution is -0.116. The SMILES string of the molecule is COc1ccc(NS(=O)(=O)c2cc3c(cc2Br)CC(C)N3C(C)=O)c(OC)c1. The molecule has 0 bridgehead atoms. The van der Waals surface area contributed by atoms with E-state index in [2.05, 4.69) is 20.7 Å². The third-order valence-electron chi connectivity index (χ3n) is 4.63. The Hall–Kier alpha value is -2.26. The molecule has 0 saturated heterocycles. The van der Waals surface area contributed by atoms with Crippen molar-refractivity contribution in [2.24, 2.45) is 0 Å². The molecule has 9 heteroatoms.